The van der Waals surface area contributed by atoms with E-state index in [9.17, 15) is 9.90 Å². The number of aryl methyl sites for hydroxylation is 1. The highest BCUT2D eigenvalue weighted by atomic mass is 16.5. The number of aromatic nitrogens is 2. The number of fused-ring (bicyclic) bond motifs is 6. The van der Waals surface area contributed by atoms with Gasteiger partial charge in [0.2, 0.25) is 0 Å². The predicted molar refractivity (Wildman–Crippen MR) is 138 cm³/mol. The van der Waals surface area contributed by atoms with Crippen LogP contribution in [0.25, 0.3) is 0 Å². The van der Waals surface area contributed by atoms with E-state index in [-0.39, 0.29) is 22.9 Å². The molecule has 10 atom stereocenters. The van der Waals surface area contributed by atoms with Crippen LogP contribution in [0, 0.1) is 52.3 Å². The molecule has 1 heterocycles. The molecule has 4 aliphatic carbocycles. The maximum absolute atomic E-state index is 12.0. The van der Waals surface area contributed by atoms with Crippen LogP contribution in [0.1, 0.15) is 90.8 Å². The van der Waals surface area contributed by atoms with Crippen molar-refractivity contribution in [3.8, 4) is 0 Å². The van der Waals surface area contributed by atoms with E-state index in [4.69, 9.17) is 9.84 Å². The standard InChI is InChI=1S/C30H48N2O3/c1-7-20-24-15-25-19(17-32(6)31-25)16-30(24,5)23-13-14-29(4)21(10-11-22(29)27(23)28(20)34)18(3)9-12-26(33)35-8-2/h17-18,20-24,27-28,34H,7-16H2,1-6H3/t18-,20-,21-,22+,23+,24+,27+,28-,29-,30-/m1/s1. The second-order valence-electron chi connectivity index (χ2n) is 13.2. The molecular formula is C30H48N2O3. The van der Waals surface area contributed by atoms with Crippen molar-refractivity contribution in [2.45, 2.75) is 98.5 Å². The van der Waals surface area contributed by atoms with E-state index >= 15 is 0 Å². The van der Waals surface area contributed by atoms with E-state index in [0.717, 1.165) is 25.7 Å². The second kappa shape index (κ2) is 9.19. The molecule has 3 fully saturated rings. The third kappa shape index (κ3) is 3.90. The number of hydrogen-bond acceptors (Lipinski definition) is 4. The van der Waals surface area contributed by atoms with Crippen LogP contribution >= 0.6 is 0 Å². The van der Waals surface area contributed by atoms with Crippen LogP contribution in [0.5, 0.6) is 0 Å². The molecule has 0 amide bonds. The van der Waals surface area contributed by atoms with Crippen LogP contribution in [-0.4, -0.2) is 33.6 Å². The summed E-state index contributed by atoms with van der Waals surface area (Å²) in [5.74, 6) is 3.57. The molecule has 0 aliphatic heterocycles. The molecule has 1 aromatic rings. The average Bonchev–Trinajstić information content (AvgIpc) is 3.34. The summed E-state index contributed by atoms with van der Waals surface area (Å²) in [5, 5.41) is 16.8. The summed E-state index contributed by atoms with van der Waals surface area (Å²) in [6.45, 7) is 12.1. The van der Waals surface area contributed by atoms with Gasteiger partial charge in [-0.3, -0.25) is 9.48 Å². The SMILES string of the molecule is CCOC(=O)CC[C@@H](C)[C@H]1CC[C@H]2[C@@H]3[C@H](O)[C@H](CC)[C@@H]4Cc5nn(C)cc5C[C@]4(C)[C@H]3CC[C@]12C. The van der Waals surface area contributed by atoms with Crippen LogP contribution in [0.15, 0.2) is 6.20 Å². The van der Waals surface area contributed by atoms with Crippen LogP contribution in [0.4, 0.5) is 0 Å². The van der Waals surface area contributed by atoms with E-state index in [2.05, 4.69) is 33.9 Å². The van der Waals surface area contributed by atoms with Gasteiger partial charge in [-0.05, 0) is 110 Å². The lowest BCUT2D eigenvalue weighted by atomic mass is 9.41. The summed E-state index contributed by atoms with van der Waals surface area (Å²) in [7, 11) is 2.05. The number of ether oxygens (including phenoxy) is 1. The first-order valence-corrected chi connectivity index (χ1v) is 14.5. The largest absolute Gasteiger partial charge is 0.466 e. The Morgan fingerprint density at radius 1 is 1.20 bits per heavy atom. The van der Waals surface area contributed by atoms with E-state index in [1.165, 1.54) is 36.9 Å². The molecule has 0 spiro atoms. The maximum atomic E-state index is 12.0. The van der Waals surface area contributed by atoms with Gasteiger partial charge in [0.05, 0.1) is 18.4 Å². The lowest BCUT2D eigenvalue weighted by Gasteiger charge is -2.64. The Kier molecular flexibility index (Phi) is 6.64. The van der Waals surface area contributed by atoms with Crippen LogP contribution in [-0.2, 0) is 29.4 Å². The first-order valence-electron chi connectivity index (χ1n) is 14.5. The first kappa shape index (κ1) is 25.3. The highest BCUT2D eigenvalue weighted by Crippen LogP contribution is 2.69. The minimum Gasteiger partial charge on any atom is -0.466 e. The maximum Gasteiger partial charge on any atom is 0.305 e. The van der Waals surface area contributed by atoms with Gasteiger partial charge in [-0.2, -0.15) is 5.10 Å². The molecule has 5 nitrogen and oxygen atoms in total. The van der Waals surface area contributed by atoms with E-state index in [0.29, 0.717) is 54.5 Å². The molecule has 0 radical (unpaired) electrons. The summed E-state index contributed by atoms with van der Waals surface area (Å²) >= 11 is 0. The smallest absolute Gasteiger partial charge is 0.305 e. The molecular weight excluding hydrogens is 436 g/mol. The van der Waals surface area contributed by atoms with E-state index in [1.807, 2.05) is 18.7 Å². The topological polar surface area (TPSA) is 64.3 Å². The Balaban J connectivity index is 1.41. The Morgan fingerprint density at radius 2 is 1.94 bits per heavy atom. The fraction of sp³-hybridized carbons (Fsp3) is 0.867. The molecule has 4 aliphatic rings. The van der Waals surface area contributed by atoms with Gasteiger partial charge in [0.15, 0.2) is 0 Å². The molecule has 1 N–H and O–H groups in total. The van der Waals surface area contributed by atoms with Gasteiger partial charge >= 0.3 is 5.97 Å². The zero-order valence-corrected chi connectivity index (χ0v) is 22.9. The van der Waals surface area contributed by atoms with Gasteiger partial charge in [-0.15, -0.1) is 0 Å². The van der Waals surface area contributed by atoms with Gasteiger partial charge in [0.25, 0.3) is 0 Å². The summed E-state index contributed by atoms with van der Waals surface area (Å²) in [6, 6.07) is 0. The third-order valence-corrected chi connectivity index (χ3v) is 11.7. The lowest BCUT2D eigenvalue weighted by Crippen LogP contribution is -2.62. The van der Waals surface area contributed by atoms with Gasteiger partial charge < -0.3 is 9.84 Å². The Hall–Kier alpha value is -1.36. The molecule has 0 aromatic carbocycles. The number of carbonyl (C=O) groups is 1. The van der Waals surface area contributed by atoms with Crippen molar-refractivity contribution in [1.29, 1.82) is 0 Å². The third-order valence-electron chi connectivity index (χ3n) is 11.7. The molecule has 3 saturated carbocycles. The van der Waals surface area contributed by atoms with E-state index < -0.39 is 0 Å². The average molecular weight is 485 g/mol. The Morgan fingerprint density at radius 3 is 2.66 bits per heavy atom. The van der Waals surface area contributed by atoms with Crippen molar-refractivity contribution >= 4 is 5.97 Å². The molecule has 5 heteroatoms. The van der Waals surface area contributed by atoms with Crippen molar-refractivity contribution in [3.05, 3.63) is 17.5 Å². The number of rotatable bonds is 6. The van der Waals surface area contributed by atoms with Crippen molar-refractivity contribution < 1.29 is 14.6 Å². The zero-order valence-electron chi connectivity index (χ0n) is 22.9. The van der Waals surface area contributed by atoms with Gasteiger partial charge in [0, 0.05) is 19.7 Å². The number of aliphatic hydroxyl groups excluding tert-OH is 1. The number of hydrogen-bond donors (Lipinski definition) is 1. The highest BCUT2D eigenvalue weighted by Gasteiger charge is 2.65. The zero-order chi connectivity index (χ0) is 25.1. The first-order chi connectivity index (χ1) is 16.6. The van der Waals surface area contributed by atoms with Crippen molar-refractivity contribution in [2.75, 3.05) is 6.61 Å². The number of esters is 1. The lowest BCUT2D eigenvalue weighted by molar-refractivity contribution is -0.186. The molecule has 0 bridgehead atoms. The van der Waals surface area contributed by atoms with Crippen LogP contribution < -0.4 is 0 Å². The fourth-order valence-electron chi connectivity index (χ4n) is 10.2. The van der Waals surface area contributed by atoms with Crippen molar-refractivity contribution in [1.82, 2.24) is 9.78 Å². The van der Waals surface area contributed by atoms with Gasteiger partial charge in [0.1, 0.15) is 0 Å². The molecule has 0 saturated heterocycles. The minimum absolute atomic E-state index is 0.0534. The van der Waals surface area contributed by atoms with Gasteiger partial charge in [-0.25, -0.2) is 0 Å². The van der Waals surface area contributed by atoms with Crippen LogP contribution in [0.3, 0.4) is 0 Å². The number of carbonyl (C=O) groups excluding carboxylic acids is 1. The summed E-state index contributed by atoms with van der Waals surface area (Å²) in [5.41, 5.74) is 3.24. The Labute approximate surface area is 212 Å². The summed E-state index contributed by atoms with van der Waals surface area (Å²) in [4.78, 5) is 12.0. The molecule has 1 aromatic heterocycles. The normalized spacial score (nSPS) is 43.0. The minimum atomic E-state index is -0.202. The van der Waals surface area contributed by atoms with Crippen LogP contribution in [0.2, 0.25) is 0 Å². The monoisotopic (exact) mass is 484 g/mol. The number of nitrogens with zero attached hydrogens (tertiary/aromatic N) is 2. The van der Waals surface area contributed by atoms with Gasteiger partial charge in [-0.1, -0.05) is 34.1 Å². The quantitative estimate of drug-likeness (QED) is 0.535. The summed E-state index contributed by atoms with van der Waals surface area (Å²) < 4.78 is 7.20. The molecule has 196 valence electrons. The van der Waals surface area contributed by atoms with Crippen molar-refractivity contribution in [2.24, 2.45) is 59.3 Å². The number of aliphatic hydroxyl groups is 1. The highest BCUT2D eigenvalue weighted by molar-refractivity contribution is 5.69. The molecule has 0 unspecified atom stereocenters. The van der Waals surface area contributed by atoms with Crippen molar-refractivity contribution in [3.63, 3.8) is 0 Å². The molecule has 35 heavy (non-hydrogen) atoms. The second-order valence-corrected chi connectivity index (χ2v) is 13.2. The van der Waals surface area contributed by atoms with E-state index in [1.54, 1.807) is 0 Å². The fourth-order valence-corrected chi connectivity index (χ4v) is 10.2. The molecule has 5 rings (SSSR count). The Bertz CT molecular complexity index is 942. The predicted octanol–water partition coefficient (Wildman–Crippen LogP) is 5.58. The summed E-state index contributed by atoms with van der Waals surface area (Å²) in [6.07, 6.45) is 11.7.